The van der Waals surface area contributed by atoms with E-state index < -0.39 is 0 Å². The molecule has 2 rings (SSSR count). The molecular formula is C13H24O. The normalized spacial score (nSPS) is 28.1. The molecule has 2 saturated carbocycles. The topological polar surface area (TPSA) is 20.2 Å². The lowest BCUT2D eigenvalue weighted by atomic mass is 9.78. The average Bonchev–Trinajstić information content (AvgIpc) is 2.38. The van der Waals surface area contributed by atoms with Crippen LogP contribution in [0.15, 0.2) is 0 Å². The SMILES string of the molecule is OC(CC1CCC1)C1CCCCCC1. The molecule has 0 aromatic carbocycles. The Kier molecular flexibility index (Phi) is 3.86. The van der Waals surface area contributed by atoms with Gasteiger partial charge in [0.15, 0.2) is 0 Å². The molecule has 14 heavy (non-hydrogen) atoms. The predicted molar refractivity (Wildman–Crippen MR) is 59.2 cm³/mol. The Labute approximate surface area is 87.9 Å². The summed E-state index contributed by atoms with van der Waals surface area (Å²) in [5.74, 6) is 1.51. The fourth-order valence-corrected chi connectivity index (χ4v) is 2.96. The van der Waals surface area contributed by atoms with Gasteiger partial charge in [0.2, 0.25) is 0 Å². The van der Waals surface area contributed by atoms with E-state index in [-0.39, 0.29) is 6.10 Å². The van der Waals surface area contributed by atoms with E-state index >= 15 is 0 Å². The van der Waals surface area contributed by atoms with Crippen LogP contribution in [-0.4, -0.2) is 11.2 Å². The Morgan fingerprint density at radius 3 is 2.00 bits per heavy atom. The van der Waals surface area contributed by atoms with Crippen molar-refractivity contribution in [3.63, 3.8) is 0 Å². The van der Waals surface area contributed by atoms with Crippen molar-refractivity contribution >= 4 is 0 Å². The summed E-state index contributed by atoms with van der Waals surface area (Å²) >= 11 is 0. The largest absolute Gasteiger partial charge is 0.393 e. The van der Waals surface area contributed by atoms with Crippen molar-refractivity contribution in [2.75, 3.05) is 0 Å². The summed E-state index contributed by atoms with van der Waals surface area (Å²) in [6.45, 7) is 0. The van der Waals surface area contributed by atoms with Gasteiger partial charge >= 0.3 is 0 Å². The van der Waals surface area contributed by atoms with Gasteiger partial charge in [0.1, 0.15) is 0 Å². The standard InChI is InChI=1S/C13H24O/c14-13(10-11-6-5-7-11)12-8-3-1-2-4-9-12/h11-14H,1-10H2. The third-order valence-corrected chi connectivity index (χ3v) is 4.24. The second-order valence-electron chi connectivity index (χ2n) is 5.35. The van der Waals surface area contributed by atoms with Crippen LogP contribution in [0, 0.1) is 11.8 Å². The number of aliphatic hydroxyl groups is 1. The molecule has 2 aliphatic rings. The van der Waals surface area contributed by atoms with Crippen LogP contribution in [0.3, 0.4) is 0 Å². The van der Waals surface area contributed by atoms with E-state index in [1.54, 1.807) is 0 Å². The first-order valence-corrected chi connectivity index (χ1v) is 6.54. The van der Waals surface area contributed by atoms with Gasteiger partial charge in [0, 0.05) is 0 Å². The van der Waals surface area contributed by atoms with Crippen LogP contribution < -0.4 is 0 Å². The van der Waals surface area contributed by atoms with E-state index in [2.05, 4.69) is 0 Å². The summed E-state index contributed by atoms with van der Waals surface area (Å²) < 4.78 is 0. The second kappa shape index (κ2) is 5.16. The lowest BCUT2D eigenvalue weighted by Crippen LogP contribution is -2.26. The van der Waals surface area contributed by atoms with E-state index in [1.807, 2.05) is 0 Å². The first-order valence-electron chi connectivity index (χ1n) is 6.54. The molecule has 2 fully saturated rings. The Hall–Kier alpha value is -0.0400. The molecule has 0 bridgehead atoms. The maximum absolute atomic E-state index is 10.1. The molecule has 1 heteroatoms. The van der Waals surface area contributed by atoms with E-state index in [4.69, 9.17) is 0 Å². The summed E-state index contributed by atoms with van der Waals surface area (Å²) in [7, 11) is 0. The van der Waals surface area contributed by atoms with Gasteiger partial charge in [-0.2, -0.15) is 0 Å². The summed E-state index contributed by atoms with van der Waals surface area (Å²) in [6, 6.07) is 0. The monoisotopic (exact) mass is 196 g/mol. The molecule has 1 unspecified atom stereocenters. The van der Waals surface area contributed by atoms with E-state index in [0.29, 0.717) is 5.92 Å². The van der Waals surface area contributed by atoms with Crippen LogP contribution in [0.25, 0.3) is 0 Å². The highest BCUT2D eigenvalue weighted by Crippen LogP contribution is 2.34. The maximum atomic E-state index is 10.1. The Bertz CT molecular complexity index is 155. The molecule has 0 amide bonds. The van der Waals surface area contributed by atoms with Crippen LogP contribution in [0.5, 0.6) is 0 Å². The number of hydrogen-bond donors (Lipinski definition) is 1. The van der Waals surface area contributed by atoms with Crippen LogP contribution in [0.4, 0.5) is 0 Å². The molecule has 1 N–H and O–H groups in total. The summed E-state index contributed by atoms with van der Waals surface area (Å²) in [5.41, 5.74) is 0. The van der Waals surface area contributed by atoms with Gasteiger partial charge < -0.3 is 5.11 Å². The quantitative estimate of drug-likeness (QED) is 0.685. The van der Waals surface area contributed by atoms with Gasteiger partial charge in [-0.1, -0.05) is 44.9 Å². The third-order valence-electron chi connectivity index (χ3n) is 4.24. The first-order chi connectivity index (χ1) is 6.86. The van der Waals surface area contributed by atoms with Gasteiger partial charge in [0.25, 0.3) is 0 Å². The highest BCUT2D eigenvalue weighted by Gasteiger charge is 2.26. The molecule has 0 aliphatic heterocycles. The van der Waals surface area contributed by atoms with Crippen molar-refractivity contribution in [2.24, 2.45) is 11.8 Å². The van der Waals surface area contributed by atoms with Gasteiger partial charge in [-0.05, 0) is 31.1 Å². The molecular weight excluding hydrogens is 172 g/mol. The molecule has 2 aliphatic carbocycles. The van der Waals surface area contributed by atoms with E-state index in [9.17, 15) is 5.11 Å². The zero-order chi connectivity index (χ0) is 9.80. The minimum absolute atomic E-state index is 0.0263. The minimum atomic E-state index is 0.0263. The molecule has 0 heterocycles. The van der Waals surface area contributed by atoms with Crippen molar-refractivity contribution in [3.8, 4) is 0 Å². The van der Waals surface area contributed by atoms with Gasteiger partial charge in [-0.25, -0.2) is 0 Å². The summed E-state index contributed by atoms with van der Waals surface area (Å²) in [4.78, 5) is 0. The van der Waals surface area contributed by atoms with Gasteiger partial charge in [0.05, 0.1) is 6.10 Å². The van der Waals surface area contributed by atoms with Crippen molar-refractivity contribution in [2.45, 2.75) is 70.3 Å². The Morgan fingerprint density at radius 1 is 0.857 bits per heavy atom. The van der Waals surface area contributed by atoms with Gasteiger partial charge in [-0.3, -0.25) is 0 Å². The molecule has 1 atom stereocenters. The summed E-state index contributed by atoms with van der Waals surface area (Å²) in [5, 5.41) is 10.1. The van der Waals surface area contributed by atoms with Crippen LogP contribution >= 0.6 is 0 Å². The smallest absolute Gasteiger partial charge is 0.0571 e. The third kappa shape index (κ3) is 2.73. The molecule has 1 nitrogen and oxygen atoms in total. The second-order valence-corrected chi connectivity index (χ2v) is 5.35. The highest BCUT2D eigenvalue weighted by molar-refractivity contribution is 4.78. The molecule has 0 aromatic heterocycles. The van der Waals surface area contributed by atoms with E-state index in [0.717, 1.165) is 12.3 Å². The number of aliphatic hydroxyl groups excluding tert-OH is 1. The minimum Gasteiger partial charge on any atom is -0.393 e. The van der Waals surface area contributed by atoms with Crippen molar-refractivity contribution in [3.05, 3.63) is 0 Å². The molecule has 0 saturated heterocycles. The Balaban J connectivity index is 1.73. The highest BCUT2D eigenvalue weighted by atomic mass is 16.3. The predicted octanol–water partition coefficient (Wildman–Crippen LogP) is 3.51. The van der Waals surface area contributed by atoms with Crippen LogP contribution in [0.1, 0.15) is 64.2 Å². The lowest BCUT2D eigenvalue weighted by molar-refractivity contribution is 0.0588. The van der Waals surface area contributed by atoms with Crippen molar-refractivity contribution < 1.29 is 5.11 Å². The van der Waals surface area contributed by atoms with Crippen LogP contribution in [0.2, 0.25) is 0 Å². The lowest BCUT2D eigenvalue weighted by Gasteiger charge is -2.30. The number of hydrogen-bond acceptors (Lipinski definition) is 1. The fourth-order valence-electron chi connectivity index (χ4n) is 2.96. The Morgan fingerprint density at radius 2 is 1.50 bits per heavy atom. The number of rotatable bonds is 3. The average molecular weight is 196 g/mol. The van der Waals surface area contributed by atoms with Crippen molar-refractivity contribution in [1.29, 1.82) is 0 Å². The van der Waals surface area contributed by atoms with Crippen molar-refractivity contribution in [1.82, 2.24) is 0 Å². The fraction of sp³-hybridized carbons (Fsp3) is 1.00. The first kappa shape index (κ1) is 10.5. The van der Waals surface area contributed by atoms with Gasteiger partial charge in [-0.15, -0.1) is 0 Å². The zero-order valence-electron chi connectivity index (χ0n) is 9.25. The molecule has 0 spiro atoms. The summed E-state index contributed by atoms with van der Waals surface area (Å²) in [6.07, 6.45) is 13.4. The maximum Gasteiger partial charge on any atom is 0.0571 e. The molecule has 82 valence electrons. The van der Waals surface area contributed by atoms with Crippen LogP contribution in [-0.2, 0) is 0 Å². The van der Waals surface area contributed by atoms with E-state index in [1.165, 1.54) is 57.8 Å². The molecule has 0 radical (unpaired) electrons. The molecule has 0 aromatic rings. The zero-order valence-corrected chi connectivity index (χ0v) is 9.25.